The largest absolute Gasteiger partial charge is 0.496 e. The molecule has 0 radical (unpaired) electrons. The predicted octanol–water partition coefficient (Wildman–Crippen LogP) is 4.31. The maximum Gasteiger partial charge on any atom is 0.162 e. The van der Waals surface area contributed by atoms with E-state index < -0.39 is 0 Å². The van der Waals surface area contributed by atoms with Crippen LogP contribution < -0.4 is 9.64 Å². The number of nitrogens with one attached hydrogen (secondary N) is 1. The van der Waals surface area contributed by atoms with Gasteiger partial charge in [-0.2, -0.15) is 0 Å². The van der Waals surface area contributed by atoms with Crippen molar-refractivity contribution in [2.24, 2.45) is 0 Å². The molecule has 1 fully saturated rings. The minimum absolute atomic E-state index is 0.800. The Kier molecular flexibility index (Phi) is 4.77. The van der Waals surface area contributed by atoms with E-state index in [9.17, 15) is 0 Å². The molecule has 5 aromatic rings. The summed E-state index contributed by atoms with van der Waals surface area (Å²) in [4.78, 5) is 13.1. The molecule has 166 valence electrons. The number of likely N-dealkylation sites (N-methyl/N-ethyl adjacent to an activating group) is 1. The lowest BCUT2D eigenvalue weighted by Gasteiger charge is -2.33. The number of imidazole rings is 1. The summed E-state index contributed by atoms with van der Waals surface area (Å²) >= 11 is 0. The van der Waals surface area contributed by atoms with E-state index in [4.69, 9.17) is 14.8 Å². The van der Waals surface area contributed by atoms with Gasteiger partial charge in [0.2, 0.25) is 0 Å². The molecule has 0 amide bonds. The fraction of sp³-hybridized carbons (Fsp3) is 0.231. The molecule has 0 bridgehead atoms. The molecule has 1 aliphatic rings. The van der Waals surface area contributed by atoms with E-state index in [2.05, 4.69) is 52.2 Å². The number of hydrogen-bond acceptors (Lipinski definition) is 5. The summed E-state index contributed by atoms with van der Waals surface area (Å²) in [6, 6.07) is 18.7. The number of methoxy groups -OCH3 is 1. The van der Waals surface area contributed by atoms with E-state index in [0.717, 1.165) is 71.3 Å². The van der Waals surface area contributed by atoms with Crippen molar-refractivity contribution < 1.29 is 4.74 Å². The van der Waals surface area contributed by atoms with E-state index >= 15 is 0 Å². The van der Waals surface area contributed by atoms with Crippen LogP contribution >= 0.6 is 0 Å². The molecular weight excluding hydrogens is 412 g/mol. The Morgan fingerprint density at radius 3 is 2.58 bits per heavy atom. The highest BCUT2D eigenvalue weighted by Crippen LogP contribution is 2.35. The Balaban J connectivity index is 1.58. The van der Waals surface area contributed by atoms with E-state index in [1.54, 1.807) is 7.11 Å². The van der Waals surface area contributed by atoms with Crippen molar-refractivity contribution >= 4 is 22.4 Å². The molecule has 7 nitrogen and oxygen atoms in total. The van der Waals surface area contributed by atoms with Gasteiger partial charge < -0.3 is 19.5 Å². The van der Waals surface area contributed by atoms with Crippen molar-refractivity contribution in [2.45, 2.75) is 0 Å². The predicted molar refractivity (Wildman–Crippen MR) is 132 cm³/mol. The van der Waals surface area contributed by atoms with Crippen LogP contribution in [0.1, 0.15) is 0 Å². The number of anilines is 1. The van der Waals surface area contributed by atoms with E-state index in [1.165, 1.54) is 5.39 Å². The molecule has 1 saturated heterocycles. The summed E-state index contributed by atoms with van der Waals surface area (Å²) in [6.45, 7) is 3.96. The van der Waals surface area contributed by atoms with E-state index in [1.807, 2.05) is 41.2 Å². The topological polar surface area (TPSA) is 61.7 Å². The van der Waals surface area contributed by atoms with Gasteiger partial charge in [0.25, 0.3) is 0 Å². The number of rotatable bonds is 4. The van der Waals surface area contributed by atoms with Gasteiger partial charge in [0.15, 0.2) is 5.65 Å². The van der Waals surface area contributed by atoms with Gasteiger partial charge in [-0.3, -0.25) is 0 Å². The molecular formula is C26H26N6O. The van der Waals surface area contributed by atoms with Crippen LogP contribution in [0.3, 0.4) is 0 Å². The highest BCUT2D eigenvalue weighted by molar-refractivity contribution is 5.99. The fourth-order valence-electron chi connectivity index (χ4n) is 4.66. The Labute approximate surface area is 192 Å². The second-order valence-electron chi connectivity index (χ2n) is 8.55. The summed E-state index contributed by atoms with van der Waals surface area (Å²) in [6.07, 6.45) is 3.99. The molecule has 0 saturated carbocycles. The molecule has 0 atom stereocenters. The number of fused-ring (bicyclic) bond motifs is 2. The molecule has 0 aliphatic carbocycles. The maximum absolute atomic E-state index is 5.60. The minimum atomic E-state index is 0.800. The molecule has 0 spiro atoms. The maximum atomic E-state index is 5.60. The molecule has 4 heterocycles. The van der Waals surface area contributed by atoms with Crippen LogP contribution in [-0.2, 0) is 0 Å². The highest BCUT2D eigenvalue weighted by Gasteiger charge is 2.21. The minimum Gasteiger partial charge on any atom is -0.496 e. The van der Waals surface area contributed by atoms with Gasteiger partial charge in [-0.15, -0.1) is 5.10 Å². The standard InChI is InChI=1S/C26H26N6O/c1-30-12-14-31(15-13-30)25-16-21(18-7-5-8-22-19(18)10-11-27-22)26-28-23(17-32(26)29-25)20-6-3-4-9-24(20)33-2/h3-11,16-17,27H,12-15H2,1-2H3. The molecule has 7 heteroatoms. The number of aromatic amines is 1. The number of para-hydroxylation sites is 1. The van der Waals surface area contributed by atoms with Crippen LogP contribution in [0.2, 0.25) is 0 Å². The summed E-state index contributed by atoms with van der Waals surface area (Å²) < 4.78 is 7.53. The summed E-state index contributed by atoms with van der Waals surface area (Å²) in [7, 11) is 3.86. The summed E-state index contributed by atoms with van der Waals surface area (Å²) in [5, 5.41) is 6.17. The third-order valence-electron chi connectivity index (χ3n) is 6.51. The number of aromatic nitrogens is 4. The normalized spacial score (nSPS) is 14.9. The van der Waals surface area contributed by atoms with Crippen LogP contribution in [0.5, 0.6) is 5.75 Å². The van der Waals surface area contributed by atoms with Gasteiger partial charge >= 0.3 is 0 Å². The van der Waals surface area contributed by atoms with Gasteiger partial charge in [0.1, 0.15) is 11.6 Å². The number of H-pyrrole nitrogens is 1. The van der Waals surface area contributed by atoms with E-state index in [-0.39, 0.29) is 0 Å². The van der Waals surface area contributed by atoms with Gasteiger partial charge in [0, 0.05) is 54.4 Å². The Morgan fingerprint density at radius 2 is 1.73 bits per heavy atom. The van der Waals surface area contributed by atoms with Crippen molar-refractivity contribution in [3.63, 3.8) is 0 Å². The first kappa shape index (κ1) is 19.8. The van der Waals surface area contributed by atoms with Crippen molar-refractivity contribution in [2.75, 3.05) is 45.2 Å². The molecule has 1 N–H and O–H groups in total. The van der Waals surface area contributed by atoms with Crippen molar-refractivity contribution in [3.05, 3.63) is 67.0 Å². The van der Waals surface area contributed by atoms with Crippen LogP contribution in [0, 0.1) is 0 Å². The van der Waals surface area contributed by atoms with Gasteiger partial charge in [-0.25, -0.2) is 9.50 Å². The van der Waals surface area contributed by atoms with Crippen LogP contribution in [0.15, 0.2) is 67.0 Å². The fourth-order valence-corrected chi connectivity index (χ4v) is 4.66. The van der Waals surface area contributed by atoms with Crippen LogP contribution in [0.4, 0.5) is 5.82 Å². The molecule has 6 rings (SSSR count). The average molecular weight is 439 g/mol. The quantitative estimate of drug-likeness (QED) is 0.453. The smallest absolute Gasteiger partial charge is 0.162 e. The monoisotopic (exact) mass is 438 g/mol. The van der Waals surface area contributed by atoms with Crippen molar-refractivity contribution in [3.8, 4) is 28.1 Å². The Bertz CT molecular complexity index is 1440. The number of benzene rings is 2. The van der Waals surface area contributed by atoms with Gasteiger partial charge in [-0.1, -0.05) is 24.3 Å². The highest BCUT2D eigenvalue weighted by atomic mass is 16.5. The van der Waals surface area contributed by atoms with Crippen molar-refractivity contribution in [1.29, 1.82) is 0 Å². The molecule has 0 unspecified atom stereocenters. The summed E-state index contributed by atoms with van der Waals surface area (Å²) in [5.74, 6) is 1.77. The number of ether oxygens (including phenoxy) is 1. The zero-order valence-electron chi connectivity index (χ0n) is 18.8. The molecule has 2 aromatic carbocycles. The third-order valence-corrected chi connectivity index (χ3v) is 6.51. The van der Waals surface area contributed by atoms with Crippen molar-refractivity contribution in [1.82, 2.24) is 24.5 Å². The zero-order chi connectivity index (χ0) is 22.4. The first-order chi connectivity index (χ1) is 16.2. The second-order valence-corrected chi connectivity index (χ2v) is 8.55. The van der Waals surface area contributed by atoms with Gasteiger partial charge in [0.05, 0.1) is 19.0 Å². The Hall–Kier alpha value is -3.84. The number of piperazine rings is 1. The summed E-state index contributed by atoms with van der Waals surface area (Å²) in [5.41, 5.74) is 5.97. The Morgan fingerprint density at radius 1 is 0.909 bits per heavy atom. The molecule has 3 aromatic heterocycles. The first-order valence-corrected chi connectivity index (χ1v) is 11.2. The molecule has 1 aliphatic heterocycles. The molecule has 33 heavy (non-hydrogen) atoms. The SMILES string of the molecule is COc1ccccc1-c1cn2nc(N3CCN(C)CC3)cc(-c3cccc4[nH]ccc34)c2n1. The zero-order valence-corrected chi connectivity index (χ0v) is 18.8. The second kappa shape index (κ2) is 7.94. The van der Waals surface area contributed by atoms with Crippen LogP contribution in [0.25, 0.3) is 38.9 Å². The first-order valence-electron chi connectivity index (χ1n) is 11.2. The third kappa shape index (κ3) is 3.41. The number of nitrogens with zero attached hydrogens (tertiary/aromatic N) is 5. The lowest BCUT2D eigenvalue weighted by molar-refractivity contribution is 0.311. The lowest BCUT2D eigenvalue weighted by Crippen LogP contribution is -2.45. The van der Waals surface area contributed by atoms with Crippen LogP contribution in [-0.4, -0.2) is 64.8 Å². The number of hydrogen-bond donors (Lipinski definition) is 1. The lowest BCUT2D eigenvalue weighted by atomic mass is 10.0. The van der Waals surface area contributed by atoms with Gasteiger partial charge in [-0.05, 0) is 42.9 Å². The average Bonchev–Trinajstić information content (AvgIpc) is 3.51. The van der Waals surface area contributed by atoms with E-state index in [0.29, 0.717) is 0 Å².